The number of rotatable bonds is 13. The fourth-order valence-electron chi connectivity index (χ4n) is 2.89. The van der Waals surface area contributed by atoms with E-state index >= 15 is 0 Å². The van der Waals surface area contributed by atoms with Crippen molar-refractivity contribution in [1.82, 2.24) is 0 Å². The summed E-state index contributed by atoms with van der Waals surface area (Å²) >= 11 is 0. The highest BCUT2D eigenvalue weighted by Gasteiger charge is 2.04. The summed E-state index contributed by atoms with van der Waals surface area (Å²) in [6.07, 6.45) is 10.6. The fraction of sp³-hybridized carbons (Fsp3) is 0.480. The molecule has 3 heteroatoms. The molecule has 2 rings (SSSR count). The van der Waals surface area contributed by atoms with E-state index in [1.54, 1.807) is 0 Å². The number of unbranched alkanes of at least 4 members (excludes halogenated alkanes) is 4. The normalized spacial score (nSPS) is 12.2. The summed E-state index contributed by atoms with van der Waals surface area (Å²) in [5.74, 6) is 1.83. The van der Waals surface area contributed by atoms with Crippen LogP contribution in [-0.4, -0.2) is 18.9 Å². The van der Waals surface area contributed by atoms with Gasteiger partial charge in [-0.05, 0) is 80.3 Å². The lowest BCUT2D eigenvalue weighted by Gasteiger charge is -2.14. The Kier molecular flexibility index (Phi) is 10.2. The van der Waals surface area contributed by atoms with Crippen molar-refractivity contribution in [3.05, 3.63) is 54.1 Å². The smallest absolute Gasteiger partial charge is 0.119 e. The average Bonchev–Trinajstić information content (AvgIpc) is 2.72. The second kappa shape index (κ2) is 13.0. The van der Waals surface area contributed by atoms with Gasteiger partial charge in [0.05, 0.1) is 18.4 Å². The largest absolute Gasteiger partial charge is 0.494 e. The van der Waals surface area contributed by atoms with Crippen LogP contribution in [-0.2, 0) is 0 Å². The lowest BCUT2D eigenvalue weighted by Crippen LogP contribution is -2.11. The van der Waals surface area contributed by atoms with Gasteiger partial charge in [0.25, 0.3) is 0 Å². The molecule has 0 radical (unpaired) electrons. The molecule has 0 fully saturated rings. The topological polar surface area (TPSA) is 30.8 Å². The molecule has 0 saturated heterocycles. The molecule has 0 aliphatic rings. The lowest BCUT2D eigenvalue weighted by molar-refractivity contribution is 0.206. The molecule has 152 valence electrons. The summed E-state index contributed by atoms with van der Waals surface area (Å²) in [4.78, 5) is 4.54. The molecule has 1 atom stereocenters. The minimum Gasteiger partial charge on any atom is -0.494 e. The molecule has 0 aliphatic carbocycles. The van der Waals surface area contributed by atoms with E-state index in [9.17, 15) is 0 Å². The van der Waals surface area contributed by atoms with Crippen LogP contribution in [0.3, 0.4) is 0 Å². The van der Waals surface area contributed by atoms with Gasteiger partial charge in [-0.1, -0.05) is 39.5 Å². The van der Waals surface area contributed by atoms with Crippen molar-refractivity contribution in [2.45, 2.75) is 71.8 Å². The van der Waals surface area contributed by atoms with Gasteiger partial charge in [-0.15, -0.1) is 0 Å². The van der Waals surface area contributed by atoms with Gasteiger partial charge in [0, 0.05) is 6.21 Å². The molecule has 0 N–H and O–H groups in total. The highest BCUT2D eigenvalue weighted by molar-refractivity contribution is 5.82. The molecule has 28 heavy (non-hydrogen) atoms. The van der Waals surface area contributed by atoms with Crippen LogP contribution in [0, 0.1) is 0 Å². The number of aliphatic imine (C=N–C) groups is 1. The van der Waals surface area contributed by atoms with Crippen molar-refractivity contribution >= 4 is 11.9 Å². The van der Waals surface area contributed by atoms with Crippen LogP contribution in [0.4, 0.5) is 5.69 Å². The lowest BCUT2D eigenvalue weighted by atomic mass is 10.1. The first-order valence-electron chi connectivity index (χ1n) is 10.7. The zero-order valence-corrected chi connectivity index (χ0v) is 17.7. The van der Waals surface area contributed by atoms with Crippen LogP contribution in [0.15, 0.2) is 53.5 Å². The number of hydrogen-bond donors (Lipinski definition) is 0. The zero-order valence-electron chi connectivity index (χ0n) is 17.7. The Bertz CT molecular complexity index is 677. The number of hydrogen-bond acceptors (Lipinski definition) is 3. The summed E-state index contributed by atoms with van der Waals surface area (Å²) in [5, 5.41) is 0. The molecule has 0 aliphatic heterocycles. The molecular formula is C25H35NO2. The van der Waals surface area contributed by atoms with Crippen LogP contribution in [0.1, 0.15) is 71.3 Å². The van der Waals surface area contributed by atoms with Crippen LogP contribution < -0.4 is 9.47 Å². The SMILES string of the molecule is CCCCCC[C@H](C)Oc1ccc(C=Nc2ccc(OCCCC)cc2)cc1. The first-order valence-corrected chi connectivity index (χ1v) is 10.7. The first kappa shape index (κ1) is 22.0. The predicted molar refractivity (Wildman–Crippen MR) is 119 cm³/mol. The monoisotopic (exact) mass is 381 g/mol. The molecule has 2 aromatic rings. The standard InChI is InChI=1S/C25H35NO2/c1-4-6-8-9-10-21(3)28-25-15-11-22(12-16-25)20-26-23-13-17-24(18-14-23)27-19-7-5-2/h11-18,20-21H,4-10,19H2,1-3H3/t21-/m0/s1. The van der Waals surface area contributed by atoms with E-state index in [0.717, 1.165) is 48.6 Å². The molecule has 0 unspecified atom stereocenters. The third kappa shape index (κ3) is 8.60. The first-order chi connectivity index (χ1) is 13.7. The zero-order chi connectivity index (χ0) is 20.0. The molecular weight excluding hydrogens is 346 g/mol. The molecule has 0 heterocycles. The van der Waals surface area contributed by atoms with E-state index in [-0.39, 0.29) is 6.10 Å². The van der Waals surface area contributed by atoms with Crippen molar-refractivity contribution in [2.24, 2.45) is 4.99 Å². The summed E-state index contributed by atoms with van der Waals surface area (Å²) in [5.41, 5.74) is 1.98. The number of ether oxygens (including phenoxy) is 2. The van der Waals surface area contributed by atoms with Crippen molar-refractivity contribution in [1.29, 1.82) is 0 Å². The molecule has 2 aromatic carbocycles. The number of nitrogens with zero attached hydrogens (tertiary/aromatic N) is 1. The van der Waals surface area contributed by atoms with Crippen LogP contribution in [0.2, 0.25) is 0 Å². The molecule has 0 spiro atoms. The summed E-state index contributed by atoms with van der Waals surface area (Å²) in [7, 11) is 0. The Hall–Kier alpha value is -2.29. The van der Waals surface area contributed by atoms with Gasteiger partial charge in [-0.2, -0.15) is 0 Å². The Morgan fingerprint density at radius 1 is 0.821 bits per heavy atom. The second-order valence-electron chi connectivity index (χ2n) is 7.30. The van der Waals surface area contributed by atoms with Gasteiger partial charge in [0.15, 0.2) is 0 Å². The maximum Gasteiger partial charge on any atom is 0.119 e. The van der Waals surface area contributed by atoms with Gasteiger partial charge in [-0.3, -0.25) is 4.99 Å². The predicted octanol–water partition coefficient (Wildman–Crippen LogP) is 7.35. The summed E-state index contributed by atoms with van der Waals surface area (Å²) in [6, 6.07) is 16.0. The van der Waals surface area contributed by atoms with Gasteiger partial charge in [0.1, 0.15) is 11.5 Å². The van der Waals surface area contributed by atoms with Gasteiger partial charge >= 0.3 is 0 Å². The van der Waals surface area contributed by atoms with E-state index in [1.807, 2.05) is 54.7 Å². The molecule has 0 bridgehead atoms. The van der Waals surface area contributed by atoms with Crippen LogP contribution in [0.25, 0.3) is 0 Å². The molecule has 3 nitrogen and oxygen atoms in total. The van der Waals surface area contributed by atoms with Crippen molar-refractivity contribution in [3.8, 4) is 11.5 Å². The van der Waals surface area contributed by atoms with Crippen LogP contribution in [0.5, 0.6) is 11.5 Å². The molecule has 0 saturated carbocycles. The fourth-order valence-corrected chi connectivity index (χ4v) is 2.89. The molecule has 0 aromatic heterocycles. The summed E-state index contributed by atoms with van der Waals surface area (Å²) < 4.78 is 11.7. The van der Waals surface area contributed by atoms with E-state index in [4.69, 9.17) is 9.47 Å². The van der Waals surface area contributed by atoms with E-state index in [2.05, 4.69) is 25.8 Å². The number of benzene rings is 2. The average molecular weight is 382 g/mol. The van der Waals surface area contributed by atoms with Crippen LogP contribution >= 0.6 is 0 Å². The van der Waals surface area contributed by atoms with Gasteiger partial charge < -0.3 is 9.47 Å². The maximum absolute atomic E-state index is 6.01. The highest BCUT2D eigenvalue weighted by Crippen LogP contribution is 2.19. The Labute approximate surface area is 170 Å². The van der Waals surface area contributed by atoms with E-state index in [1.165, 1.54) is 25.7 Å². The summed E-state index contributed by atoms with van der Waals surface area (Å²) in [6.45, 7) is 7.32. The quantitative estimate of drug-likeness (QED) is 0.268. The maximum atomic E-state index is 6.01. The Morgan fingerprint density at radius 2 is 1.50 bits per heavy atom. The third-order valence-electron chi connectivity index (χ3n) is 4.65. The Balaban J connectivity index is 1.79. The third-order valence-corrected chi connectivity index (χ3v) is 4.65. The van der Waals surface area contributed by atoms with Crippen molar-refractivity contribution < 1.29 is 9.47 Å². The van der Waals surface area contributed by atoms with Gasteiger partial charge in [-0.25, -0.2) is 0 Å². The molecule has 0 amide bonds. The van der Waals surface area contributed by atoms with Gasteiger partial charge in [0.2, 0.25) is 0 Å². The minimum absolute atomic E-state index is 0.259. The van der Waals surface area contributed by atoms with E-state index < -0.39 is 0 Å². The van der Waals surface area contributed by atoms with Crippen molar-refractivity contribution in [2.75, 3.05) is 6.61 Å². The van der Waals surface area contributed by atoms with Crippen molar-refractivity contribution in [3.63, 3.8) is 0 Å². The van der Waals surface area contributed by atoms with E-state index in [0.29, 0.717) is 0 Å². The second-order valence-corrected chi connectivity index (χ2v) is 7.30. The minimum atomic E-state index is 0.259. The highest BCUT2D eigenvalue weighted by atomic mass is 16.5. The Morgan fingerprint density at radius 3 is 2.18 bits per heavy atom.